The van der Waals surface area contributed by atoms with Crippen LogP contribution in [-0.4, -0.2) is 31.4 Å². The zero-order valence-corrected chi connectivity index (χ0v) is 13.3. The van der Waals surface area contributed by atoms with Crippen LogP contribution in [0.5, 0.6) is 17.4 Å². The number of ether oxygens (including phenoxy) is 2. The second-order valence-electron chi connectivity index (χ2n) is 4.76. The molecule has 0 spiro atoms. The molecule has 0 aliphatic carbocycles. The zero-order valence-electron chi connectivity index (χ0n) is 12.5. The van der Waals surface area contributed by atoms with Crippen molar-refractivity contribution in [2.75, 3.05) is 6.26 Å². The monoisotopic (exact) mass is 375 g/mol. The Kier molecular flexibility index (Phi) is 4.33. The first-order valence-electron chi connectivity index (χ1n) is 6.63. The number of rotatable bonds is 4. The van der Waals surface area contributed by atoms with Gasteiger partial charge in [-0.3, -0.25) is 4.21 Å². The van der Waals surface area contributed by atoms with Gasteiger partial charge in [-0.05, 0) is 18.2 Å². The van der Waals surface area contributed by atoms with Crippen molar-refractivity contribution in [3.05, 3.63) is 42.5 Å². The molecule has 0 N–H and O–H groups in total. The second-order valence-corrected chi connectivity index (χ2v) is 6.14. The molecule has 0 fully saturated rings. The molecule has 2 aromatic heterocycles. The fourth-order valence-corrected chi connectivity index (χ4v) is 2.52. The lowest BCUT2D eigenvalue weighted by atomic mass is 10.3. The minimum Gasteiger partial charge on any atom is -0.439 e. The minimum absolute atomic E-state index is 0.0732. The highest BCUT2D eigenvalue weighted by molar-refractivity contribution is 7.84. The maximum absolute atomic E-state index is 13.8. The fourth-order valence-electron chi connectivity index (χ4n) is 1.98. The Morgan fingerprint density at radius 2 is 1.96 bits per heavy atom. The van der Waals surface area contributed by atoms with Gasteiger partial charge < -0.3 is 9.47 Å². The summed E-state index contributed by atoms with van der Waals surface area (Å²) in [7, 11) is -1.34. The van der Waals surface area contributed by atoms with Gasteiger partial charge in [-0.15, -0.1) is 13.2 Å². The number of hydrogen-bond donors (Lipinski definition) is 0. The Balaban J connectivity index is 1.95. The van der Waals surface area contributed by atoms with E-state index in [1.807, 2.05) is 0 Å². The van der Waals surface area contributed by atoms with Gasteiger partial charge in [0.2, 0.25) is 5.88 Å². The standard InChI is InChI=1S/C14H9F4N3O3S/c1-25(22)9-5-12-19-7-20-21(12)13(6-9)23-8-2-3-11(10(15)4-8)24-14(16,17)18/h2-7H,1H3. The maximum Gasteiger partial charge on any atom is 0.573 e. The van der Waals surface area contributed by atoms with Gasteiger partial charge in [0, 0.05) is 23.3 Å². The summed E-state index contributed by atoms with van der Waals surface area (Å²) in [5, 5.41) is 3.92. The van der Waals surface area contributed by atoms with Crippen molar-refractivity contribution in [3.8, 4) is 17.4 Å². The molecule has 3 rings (SSSR count). The van der Waals surface area contributed by atoms with Crippen molar-refractivity contribution < 1.29 is 31.2 Å². The Morgan fingerprint density at radius 3 is 2.60 bits per heavy atom. The molecule has 0 amide bonds. The van der Waals surface area contributed by atoms with E-state index in [9.17, 15) is 21.8 Å². The van der Waals surface area contributed by atoms with Crippen molar-refractivity contribution in [1.29, 1.82) is 0 Å². The number of pyridine rings is 1. The molecule has 0 aliphatic heterocycles. The third kappa shape index (κ3) is 3.87. The highest BCUT2D eigenvalue weighted by Crippen LogP contribution is 2.31. The van der Waals surface area contributed by atoms with Crippen LogP contribution < -0.4 is 9.47 Å². The normalized spacial score (nSPS) is 13.0. The molecule has 0 bridgehead atoms. The van der Waals surface area contributed by atoms with E-state index in [0.29, 0.717) is 10.5 Å². The van der Waals surface area contributed by atoms with Crippen LogP contribution in [0.1, 0.15) is 0 Å². The summed E-state index contributed by atoms with van der Waals surface area (Å²) < 4.78 is 72.2. The Labute approximate surface area is 140 Å². The predicted octanol–water partition coefficient (Wildman–Crippen LogP) is 3.30. The molecule has 6 nitrogen and oxygen atoms in total. The molecule has 0 aliphatic rings. The molecule has 132 valence electrons. The van der Waals surface area contributed by atoms with Crippen LogP contribution in [0.25, 0.3) is 5.65 Å². The molecule has 1 atom stereocenters. The molecule has 2 heterocycles. The van der Waals surface area contributed by atoms with Crippen molar-refractivity contribution in [2.24, 2.45) is 0 Å². The van der Waals surface area contributed by atoms with Gasteiger partial charge in [-0.25, -0.2) is 9.37 Å². The average Bonchev–Trinajstić information content (AvgIpc) is 2.97. The van der Waals surface area contributed by atoms with E-state index in [2.05, 4.69) is 14.8 Å². The van der Waals surface area contributed by atoms with Crippen LogP contribution in [0.4, 0.5) is 17.6 Å². The summed E-state index contributed by atoms with van der Waals surface area (Å²) in [6.07, 6.45) is -2.31. The first-order chi connectivity index (χ1) is 11.7. The van der Waals surface area contributed by atoms with E-state index < -0.39 is 28.7 Å². The van der Waals surface area contributed by atoms with Gasteiger partial charge in [0.05, 0.1) is 10.8 Å². The molecule has 3 aromatic rings. The number of alkyl halides is 3. The average molecular weight is 375 g/mol. The molecule has 1 unspecified atom stereocenters. The molecule has 0 radical (unpaired) electrons. The SMILES string of the molecule is CS(=O)c1cc(Oc2ccc(OC(F)(F)F)c(F)c2)n2ncnc2c1. The van der Waals surface area contributed by atoms with E-state index in [1.54, 1.807) is 0 Å². The van der Waals surface area contributed by atoms with Crippen LogP contribution in [0.3, 0.4) is 0 Å². The second kappa shape index (κ2) is 6.31. The molecule has 0 saturated heterocycles. The van der Waals surface area contributed by atoms with Gasteiger partial charge in [-0.1, -0.05) is 0 Å². The van der Waals surface area contributed by atoms with Crippen molar-refractivity contribution in [1.82, 2.24) is 14.6 Å². The van der Waals surface area contributed by atoms with E-state index in [4.69, 9.17) is 4.74 Å². The lowest BCUT2D eigenvalue weighted by Gasteiger charge is -2.12. The summed E-state index contributed by atoms with van der Waals surface area (Å²) in [5.74, 6) is -2.25. The number of nitrogens with zero attached hydrogens (tertiary/aromatic N) is 3. The van der Waals surface area contributed by atoms with Gasteiger partial charge >= 0.3 is 6.36 Å². The molecule has 11 heteroatoms. The summed E-state index contributed by atoms with van der Waals surface area (Å²) >= 11 is 0. The Morgan fingerprint density at radius 1 is 1.20 bits per heavy atom. The maximum atomic E-state index is 13.8. The quantitative estimate of drug-likeness (QED) is 0.655. The Bertz CT molecular complexity index is 958. The summed E-state index contributed by atoms with van der Waals surface area (Å²) in [6, 6.07) is 5.58. The number of hydrogen-bond acceptors (Lipinski definition) is 5. The smallest absolute Gasteiger partial charge is 0.439 e. The van der Waals surface area contributed by atoms with Crippen LogP contribution >= 0.6 is 0 Å². The third-order valence-electron chi connectivity index (χ3n) is 3.00. The first kappa shape index (κ1) is 17.1. The number of benzene rings is 1. The van der Waals surface area contributed by atoms with Crippen LogP contribution in [-0.2, 0) is 10.8 Å². The fraction of sp³-hybridized carbons (Fsp3) is 0.143. The molecular formula is C14H9F4N3O3S. The number of fused-ring (bicyclic) bond motifs is 1. The predicted molar refractivity (Wildman–Crippen MR) is 78.5 cm³/mol. The Hall–Kier alpha value is -2.69. The minimum atomic E-state index is -5.00. The van der Waals surface area contributed by atoms with Gasteiger partial charge in [0.1, 0.15) is 12.1 Å². The van der Waals surface area contributed by atoms with Crippen molar-refractivity contribution >= 4 is 16.4 Å². The lowest BCUT2D eigenvalue weighted by molar-refractivity contribution is -0.275. The van der Waals surface area contributed by atoms with E-state index in [1.165, 1.54) is 29.2 Å². The van der Waals surface area contributed by atoms with Gasteiger partial charge in [0.25, 0.3) is 0 Å². The molecule has 1 aromatic carbocycles. The summed E-state index contributed by atoms with van der Waals surface area (Å²) in [6.45, 7) is 0. The topological polar surface area (TPSA) is 65.7 Å². The third-order valence-corrected chi connectivity index (χ3v) is 3.90. The van der Waals surface area contributed by atoms with Crippen LogP contribution in [0.2, 0.25) is 0 Å². The largest absolute Gasteiger partial charge is 0.573 e. The van der Waals surface area contributed by atoms with E-state index in [0.717, 1.165) is 18.2 Å². The van der Waals surface area contributed by atoms with Gasteiger partial charge in [0.15, 0.2) is 17.2 Å². The van der Waals surface area contributed by atoms with Crippen molar-refractivity contribution in [3.63, 3.8) is 0 Å². The molecule has 25 heavy (non-hydrogen) atoms. The van der Waals surface area contributed by atoms with E-state index in [-0.39, 0.29) is 11.6 Å². The highest BCUT2D eigenvalue weighted by atomic mass is 32.2. The molecule has 0 saturated carbocycles. The summed E-state index contributed by atoms with van der Waals surface area (Å²) in [5.41, 5.74) is 0.347. The number of halogens is 4. The van der Waals surface area contributed by atoms with Crippen LogP contribution in [0.15, 0.2) is 41.6 Å². The van der Waals surface area contributed by atoms with E-state index >= 15 is 0 Å². The first-order valence-corrected chi connectivity index (χ1v) is 8.19. The highest BCUT2D eigenvalue weighted by Gasteiger charge is 2.32. The van der Waals surface area contributed by atoms with Crippen molar-refractivity contribution in [2.45, 2.75) is 11.3 Å². The van der Waals surface area contributed by atoms with Crippen LogP contribution in [0, 0.1) is 5.82 Å². The number of aromatic nitrogens is 3. The van der Waals surface area contributed by atoms with Gasteiger partial charge in [-0.2, -0.15) is 9.61 Å². The summed E-state index contributed by atoms with van der Waals surface area (Å²) in [4.78, 5) is 4.35. The zero-order chi connectivity index (χ0) is 18.2. The lowest BCUT2D eigenvalue weighted by Crippen LogP contribution is -2.17. The molecular weight excluding hydrogens is 366 g/mol.